The van der Waals surface area contributed by atoms with Crippen molar-refractivity contribution in [2.45, 2.75) is 44.6 Å². The van der Waals surface area contributed by atoms with E-state index >= 15 is 0 Å². The summed E-state index contributed by atoms with van der Waals surface area (Å²) in [6, 6.07) is 6.43. The standard InChI is InChI=1S/C14H23NOS/c1-5-6-13(15-4)10-17(16)14-8-7-11(2)12(3)9-14/h7-9,13,15H,5-6,10H2,1-4H3. The molecule has 0 fully saturated rings. The minimum Gasteiger partial charge on any atom is -0.316 e. The summed E-state index contributed by atoms with van der Waals surface area (Å²) in [6.45, 7) is 6.30. The Bertz CT molecular complexity index is 390. The van der Waals surface area contributed by atoms with Crippen molar-refractivity contribution >= 4 is 10.8 Å². The first-order valence-electron chi connectivity index (χ1n) is 6.21. The maximum Gasteiger partial charge on any atom is 0.0545 e. The molecule has 1 aromatic rings. The highest BCUT2D eigenvalue weighted by Gasteiger charge is 2.12. The summed E-state index contributed by atoms with van der Waals surface area (Å²) in [6.07, 6.45) is 2.20. The van der Waals surface area contributed by atoms with Gasteiger partial charge in [0.25, 0.3) is 0 Å². The number of hydrogen-bond donors (Lipinski definition) is 1. The van der Waals surface area contributed by atoms with Crippen LogP contribution in [0.5, 0.6) is 0 Å². The lowest BCUT2D eigenvalue weighted by Crippen LogP contribution is -2.30. The fraction of sp³-hybridized carbons (Fsp3) is 0.571. The lowest BCUT2D eigenvalue weighted by atomic mass is 10.1. The average molecular weight is 253 g/mol. The fourth-order valence-electron chi connectivity index (χ4n) is 1.79. The van der Waals surface area contributed by atoms with E-state index in [9.17, 15) is 4.21 Å². The Morgan fingerprint density at radius 2 is 2.00 bits per heavy atom. The molecular weight excluding hydrogens is 230 g/mol. The molecule has 0 saturated heterocycles. The zero-order valence-electron chi connectivity index (χ0n) is 11.2. The van der Waals surface area contributed by atoms with E-state index in [0.29, 0.717) is 11.8 Å². The van der Waals surface area contributed by atoms with Gasteiger partial charge >= 0.3 is 0 Å². The van der Waals surface area contributed by atoms with Crippen LogP contribution in [0, 0.1) is 13.8 Å². The van der Waals surface area contributed by atoms with Gasteiger partial charge in [0.1, 0.15) is 0 Å². The zero-order valence-corrected chi connectivity index (χ0v) is 12.1. The minimum absolute atomic E-state index is 0.349. The van der Waals surface area contributed by atoms with Crippen molar-refractivity contribution in [3.05, 3.63) is 29.3 Å². The monoisotopic (exact) mass is 253 g/mol. The van der Waals surface area contributed by atoms with Crippen LogP contribution in [0.3, 0.4) is 0 Å². The summed E-state index contributed by atoms with van der Waals surface area (Å²) in [5.41, 5.74) is 2.47. The van der Waals surface area contributed by atoms with Crippen LogP contribution in [-0.4, -0.2) is 23.1 Å². The highest BCUT2D eigenvalue weighted by molar-refractivity contribution is 7.85. The lowest BCUT2D eigenvalue weighted by Gasteiger charge is -2.15. The van der Waals surface area contributed by atoms with Gasteiger partial charge in [0.15, 0.2) is 0 Å². The molecule has 0 bridgehead atoms. The van der Waals surface area contributed by atoms with Gasteiger partial charge in [-0.05, 0) is 50.6 Å². The molecule has 0 aliphatic rings. The molecule has 2 unspecified atom stereocenters. The van der Waals surface area contributed by atoms with Crippen molar-refractivity contribution < 1.29 is 4.21 Å². The predicted octanol–water partition coefficient (Wildman–Crippen LogP) is 2.80. The highest BCUT2D eigenvalue weighted by Crippen LogP contribution is 2.14. The first-order chi connectivity index (χ1) is 8.08. The molecule has 96 valence electrons. The van der Waals surface area contributed by atoms with Crippen molar-refractivity contribution in [2.24, 2.45) is 0 Å². The van der Waals surface area contributed by atoms with Crippen molar-refractivity contribution in [3.8, 4) is 0 Å². The maximum absolute atomic E-state index is 12.2. The molecule has 0 heterocycles. The molecule has 1 N–H and O–H groups in total. The quantitative estimate of drug-likeness (QED) is 0.844. The Morgan fingerprint density at radius 1 is 1.29 bits per heavy atom. The van der Waals surface area contributed by atoms with Crippen LogP contribution in [0.15, 0.2) is 23.1 Å². The van der Waals surface area contributed by atoms with Crippen LogP contribution >= 0.6 is 0 Å². The number of nitrogens with one attached hydrogen (secondary N) is 1. The smallest absolute Gasteiger partial charge is 0.0545 e. The van der Waals surface area contributed by atoms with E-state index in [4.69, 9.17) is 0 Å². The lowest BCUT2D eigenvalue weighted by molar-refractivity contribution is 0.557. The van der Waals surface area contributed by atoms with E-state index in [1.54, 1.807) is 0 Å². The van der Waals surface area contributed by atoms with Gasteiger partial charge in [0, 0.05) is 16.7 Å². The maximum atomic E-state index is 12.2. The van der Waals surface area contributed by atoms with Crippen LogP contribution in [0.2, 0.25) is 0 Å². The largest absolute Gasteiger partial charge is 0.316 e. The number of benzene rings is 1. The topological polar surface area (TPSA) is 29.1 Å². The summed E-state index contributed by atoms with van der Waals surface area (Å²) in [4.78, 5) is 0.949. The molecule has 0 aromatic heterocycles. The molecule has 0 aliphatic heterocycles. The number of aryl methyl sites for hydroxylation is 2. The zero-order chi connectivity index (χ0) is 12.8. The average Bonchev–Trinajstić information content (AvgIpc) is 2.31. The minimum atomic E-state index is -0.896. The second-order valence-electron chi connectivity index (χ2n) is 4.53. The molecule has 2 atom stereocenters. The Hall–Kier alpha value is -0.670. The van der Waals surface area contributed by atoms with E-state index in [1.807, 2.05) is 19.2 Å². The molecule has 17 heavy (non-hydrogen) atoms. The van der Waals surface area contributed by atoms with Crippen LogP contribution in [0.1, 0.15) is 30.9 Å². The molecule has 1 aromatic carbocycles. The summed E-state index contributed by atoms with van der Waals surface area (Å²) < 4.78 is 12.2. The molecule has 0 spiro atoms. The van der Waals surface area contributed by atoms with E-state index in [2.05, 4.69) is 32.2 Å². The van der Waals surface area contributed by atoms with Gasteiger partial charge in [-0.2, -0.15) is 0 Å². The van der Waals surface area contributed by atoms with Gasteiger partial charge in [0.2, 0.25) is 0 Å². The highest BCUT2D eigenvalue weighted by atomic mass is 32.2. The Balaban J connectivity index is 2.72. The van der Waals surface area contributed by atoms with E-state index in [0.717, 1.165) is 17.7 Å². The van der Waals surface area contributed by atoms with E-state index in [1.165, 1.54) is 11.1 Å². The molecule has 2 nitrogen and oxygen atoms in total. The number of hydrogen-bond acceptors (Lipinski definition) is 2. The van der Waals surface area contributed by atoms with Gasteiger partial charge < -0.3 is 5.32 Å². The number of rotatable bonds is 6. The van der Waals surface area contributed by atoms with E-state index < -0.39 is 10.8 Å². The van der Waals surface area contributed by atoms with Gasteiger partial charge in [-0.1, -0.05) is 19.4 Å². The molecule has 1 rings (SSSR count). The molecule has 3 heteroatoms. The Kier molecular flexibility index (Phi) is 5.86. The molecule has 0 amide bonds. The Labute approximate surface area is 107 Å². The molecule has 0 saturated carbocycles. The van der Waals surface area contributed by atoms with E-state index in [-0.39, 0.29) is 0 Å². The van der Waals surface area contributed by atoms with Crippen LogP contribution in [0.4, 0.5) is 0 Å². The van der Waals surface area contributed by atoms with Crippen molar-refractivity contribution in [1.82, 2.24) is 5.32 Å². The van der Waals surface area contributed by atoms with Gasteiger partial charge in [-0.3, -0.25) is 4.21 Å². The normalized spacial score (nSPS) is 14.6. The third-order valence-electron chi connectivity index (χ3n) is 3.14. The van der Waals surface area contributed by atoms with Gasteiger partial charge in [-0.15, -0.1) is 0 Å². The first-order valence-corrected chi connectivity index (χ1v) is 7.53. The summed E-state index contributed by atoms with van der Waals surface area (Å²) in [7, 11) is 1.05. The Morgan fingerprint density at radius 3 is 2.53 bits per heavy atom. The third kappa shape index (κ3) is 4.25. The van der Waals surface area contributed by atoms with Crippen LogP contribution in [-0.2, 0) is 10.8 Å². The van der Waals surface area contributed by atoms with Gasteiger partial charge in [-0.25, -0.2) is 0 Å². The second-order valence-corrected chi connectivity index (χ2v) is 6.03. The van der Waals surface area contributed by atoms with Gasteiger partial charge in [0.05, 0.1) is 10.8 Å². The molecule has 0 radical (unpaired) electrons. The van der Waals surface area contributed by atoms with Crippen LogP contribution < -0.4 is 5.32 Å². The summed E-state index contributed by atoms with van der Waals surface area (Å²) >= 11 is 0. The SMILES string of the molecule is CCCC(CS(=O)c1ccc(C)c(C)c1)NC. The molecular formula is C14H23NOS. The summed E-state index contributed by atoms with van der Waals surface area (Å²) in [5.74, 6) is 0.701. The molecule has 0 aliphatic carbocycles. The predicted molar refractivity (Wildman–Crippen MR) is 74.9 cm³/mol. The van der Waals surface area contributed by atoms with Crippen molar-refractivity contribution in [2.75, 3.05) is 12.8 Å². The van der Waals surface area contributed by atoms with Crippen molar-refractivity contribution in [3.63, 3.8) is 0 Å². The van der Waals surface area contributed by atoms with Crippen LogP contribution in [0.25, 0.3) is 0 Å². The second kappa shape index (κ2) is 6.92. The first kappa shape index (κ1) is 14.4. The van der Waals surface area contributed by atoms with Crippen molar-refractivity contribution in [1.29, 1.82) is 0 Å². The third-order valence-corrected chi connectivity index (χ3v) is 4.62. The fourth-order valence-corrected chi connectivity index (χ4v) is 3.21. The summed E-state index contributed by atoms with van der Waals surface area (Å²) in [5, 5.41) is 3.24.